The third-order valence-electron chi connectivity index (χ3n) is 3.15. The maximum Gasteiger partial charge on any atom is 0.132 e. The average Bonchev–Trinajstić information content (AvgIpc) is 2.28. The molecule has 4 nitrogen and oxygen atoms in total. The van der Waals surface area contributed by atoms with Gasteiger partial charge in [0.05, 0.1) is 0 Å². The zero-order chi connectivity index (χ0) is 11.6. The van der Waals surface area contributed by atoms with Gasteiger partial charge >= 0.3 is 0 Å². The second-order valence-corrected chi connectivity index (χ2v) is 4.86. The SMILES string of the molecule is CCc1cc(N2CCNCC2(C)C)ncn1. The lowest BCUT2D eigenvalue weighted by Gasteiger charge is -2.43. The number of aromatic nitrogens is 2. The number of nitrogens with zero attached hydrogens (tertiary/aromatic N) is 3. The minimum Gasteiger partial charge on any atom is -0.349 e. The lowest BCUT2D eigenvalue weighted by Crippen LogP contribution is -2.58. The Labute approximate surface area is 97.1 Å². The van der Waals surface area contributed by atoms with Crippen molar-refractivity contribution < 1.29 is 0 Å². The molecule has 0 atom stereocenters. The van der Waals surface area contributed by atoms with Crippen molar-refractivity contribution in [2.75, 3.05) is 24.5 Å². The highest BCUT2D eigenvalue weighted by atomic mass is 15.3. The van der Waals surface area contributed by atoms with Crippen molar-refractivity contribution in [2.24, 2.45) is 0 Å². The molecule has 0 amide bonds. The molecular weight excluding hydrogens is 200 g/mol. The van der Waals surface area contributed by atoms with E-state index in [0.717, 1.165) is 37.6 Å². The van der Waals surface area contributed by atoms with E-state index >= 15 is 0 Å². The monoisotopic (exact) mass is 220 g/mol. The van der Waals surface area contributed by atoms with E-state index in [9.17, 15) is 0 Å². The van der Waals surface area contributed by atoms with Crippen LogP contribution in [0.25, 0.3) is 0 Å². The summed E-state index contributed by atoms with van der Waals surface area (Å²) in [6.07, 6.45) is 2.63. The number of aryl methyl sites for hydroxylation is 1. The van der Waals surface area contributed by atoms with Crippen LogP contribution in [0.4, 0.5) is 5.82 Å². The van der Waals surface area contributed by atoms with Crippen LogP contribution in [0.2, 0.25) is 0 Å². The van der Waals surface area contributed by atoms with Gasteiger partial charge in [-0.05, 0) is 20.3 Å². The molecule has 0 radical (unpaired) electrons. The van der Waals surface area contributed by atoms with Gasteiger partial charge in [0.25, 0.3) is 0 Å². The second-order valence-electron chi connectivity index (χ2n) is 4.86. The molecule has 88 valence electrons. The standard InChI is InChI=1S/C12H20N4/c1-4-10-7-11(15-9-14-10)16-6-5-13-8-12(16,2)3/h7,9,13H,4-6,8H2,1-3H3. The van der Waals surface area contributed by atoms with Crippen LogP contribution in [0.3, 0.4) is 0 Å². The summed E-state index contributed by atoms with van der Waals surface area (Å²) in [5, 5.41) is 3.42. The number of hydrogen-bond acceptors (Lipinski definition) is 4. The highest BCUT2D eigenvalue weighted by Crippen LogP contribution is 2.23. The Morgan fingerprint density at radius 2 is 2.25 bits per heavy atom. The zero-order valence-electron chi connectivity index (χ0n) is 10.3. The number of hydrogen-bond donors (Lipinski definition) is 1. The van der Waals surface area contributed by atoms with Crippen LogP contribution in [0.5, 0.6) is 0 Å². The first kappa shape index (κ1) is 11.3. The van der Waals surface area contributed by atoms with Crippen LogP contribution in [0.1, 0.15) is 26.5 Å². The van der Waals surface area contributed by atoms with E-state index < -0.39 is 0 Å². The van der Waals surface area contributed by atoms with Gasteiger partial charge < -0.3 is 10.2 Å². The fourth-order valence-corrected chi connectivity index (χ4v) is 2.13. The van der Waals surface area contributed by atoms with E-state index in [1.807, 2.05) is 0 Å². The summed E-state index contributed by atoms with van der Waals surface area (Å²) in [6.45, 7) is 9.63. The molecule has 1 fully saturated rings. The van der Waals surface area contributed by atoms with Crippen LogP contribution >= 0.6 is 0 Å². The smallest absolute Gasteiger partial charge is 0.132 e. The van der Waals surface area contributed by atoms with E-state index in [2.05, 4.69) is 47.0 Å². The molecule has 2 rings (SSSR count). The molecule has 1 aliphatic rings. The number of anilines is 1. The topological polar surface area (TPSA) is 41.0 Å². The predicted molar refractivity (Wildman–Crippen MR) is 65.7 cm³/mol. The van der Waals surface area contributed by atoms with Crippen molar-refractivity contribution in [3.8, 4) is 0 Å². The van der Waals surface area contributed by atoms with Gasteiger partial charge in [0.1, 0.15) is 12.1 Å². The maximum atomic E-state index is 4.39. The molecule has 0 aliphatic carbocycles. The molecule has 1 N–H and O–H groups in total. The first-order chi connectivity index (χ1) is 7.63. The first-order valence-electron chi connectivity index (χ1n) is 5.93. The quantitative estimate of drug-likeness (QED) is 0.814. The lowest BCUT2D eigenvalue weighted by atomic mass is 10.0. The zero-order valence-corrected chi connectivity index (χ0v) is 10.3. The molecule has 1 aromatic rings. The van der Waals surface area contributed by atoms with E-state index in [-0.39, 0.29) is 5.54 Å². The van der Waals surface area contributed by atoms with Gasteiger partial charge in [0.15, 0.2) is 0 Å². The Kier molecular flexibility index (Phi) is 3.10. The molecule has 1 aliphatic heterocycles. The van der Waals surface area contributed by atoms with E-state index in [4.69, 9.17) is 0 Å². The van der Waals surface area contributed by atoms with Gasteiger partial charge in [0, 0.05) is 36.9 Å². The first-order valence-corrected chi connectivity index (χ1v) is 5.93. The lowest BCUT2D eigenvalue weighted by molar-refractivity contribution is 0.377. The third kappa shape index (κ3) is 2.16. The minimum atomic E-state index is 0.123. The summed E-state index contributed by atoms with van der Waals surface area (Å²) in [6, 6.07) is 2.10. The van der Waals surface area contributed by atoms with Gasteiger partial charge in [-0.1, -0.05) is 6.92 Å². The minimum absolute atomic E-state index is 0.123. The fraction of sp³-hybridized carbons (Fsp3) is 0.667. The van der Waals surface area contributed by atoms with Gasteiger partial charge in [-0.15, -0.1) is 0 Å². The summed E-state index contributed by atoms with van der Waals surface area (Å²) in [5.41, 5.74) is 1.23. The average molecular weight is 220 g/mol. The van der Waals surface area contributed by atoms with E-state index in [0.29, 0.717) is 0 Å². The van der Waals surface area contributed by atoms with E-state index in [1.54, 1.807) is 6.33 Å². The van der Waals surface area contributed by atoms with Crippen molar-refractivity contribution in [3.05, 3.63) is 18.1 Å². The molecule has 0 aromatic carbocycles. The fourth-order valence-electron chi connectivity index (χ4n) is 2.13. The van der Waals surface area contributed by atoms with Crippen LogP contribution in [-0.4, -0.2) is 35.1 Å². The van der Waals surface area contributed by atoms with Crippen LogP contribution in [0.15, 0.2) is 12.4 Å². The highest BCUT2D eigenvalue weighted by Gasteiger charge is 2.30. The summed E-state index contributed by atoms with van der Waals surface area (Å²) in [7, 11) is 0. The molecule has 0 spiro atoms. The molecule has 0 bridgehead atoms. The molecule has 1 saturated heterocycles. The molecule has 4 heteroatoms. The molecule has 0 saturated carbocycles. The van der Waals surface area contributed by atoms with Gasteiger partial charge in [-0.3, -0.25) is 0 Å². The van der Waals surface area contributed by atoms with Crippen molar-refractivity contribution in [1.29, 1.82) is 0 Å². The van der Waals surface area contributed by atoms with Gasteiger partial charge in [-0.2, -0.15) is 0 Å². The van der Waals surface area contributed by atoms with Crippen LogP contribution < -0.4 is 10.2 Å². The molecule has 1 aromatic heterocycles. The molecular formula is C12H20N4. The number of nitrogens with one attached hydrogen (secondary N) is 1. The van der Waals surface area contributed by atoms with Crippen molar-refractivity contribution in [2.45, 2.75) is 32.7 Å². The van der Waals surface area contributed by atoms with Crippen molar-refractivity contribution in [1.82, 2.24) is 15.3 Å². The van der Waals surface area contributed by atoms with Crippen molar-refractivity contribution in [3.63, 3.8) is 0 Å². The Morgan fingerprint density at radius 3 is 2.94 bits per heavy atom. The summed E-state index contributed by atoms with van der Waals surface area (Å²) in [4.78, 5) is 11.0. The Balaban J connectivity index is 2.27. The molecule has 0 unspecified atom stereocenters. The largest absolute Gasteiger partial charge is 0.349 e. The third-order valence-corrected chi connectivity index (χ3v) is 3.15. The van der Waals surface area contributed by atoms with Crippen LogP contribution in [0, 0.1) is 0 Å². The normalized spacial score (nSPS) is 19.8. The summed E-state index contributed by atoms with van der Waals surface area (Å²) >= 11 is 0. The summed E-state index contributed by atoms with van der Waals surface area (Å²) < 4.78 is 0. The number of rotatable bonds is 2. The Morgan fingerprint density at radius 1 is 1.44 bits per heavy atom. The van der Waals surface area contributed by atoms with Gasteiger partial charge in [0.2, 0.25) is 0 Å². The number of piperazine rings is 1. The van der Waals surface area contributed by atoms with E-state index in [1.165, 1.54) is 0 Å². The Hall–Kier alpha value is -1.16. The highest BCUT2D eigenvalue weighted by molar-refractivity contribution is 5.43. The summed E-state index contributed by atoms with van der Waals surface area (Å²) in [5.74, 6) is 1.05. The molecule has 16 heavy (non-hydrogen) atoms. The second kappa shape index (κ2) is 4.37. The predicted octanol–water partition coefficient (Wildman–Crippen LogP) is 1.23. The van der Waals surface area contributed by atoms with Crippen LogP contribution in [-0.2, 0) is 6.42 Å². The van der Waals surface area contributed by atoms with Crippen molar-refractivity contribution >= 4 is 5.82 Å². The van der Waals surface area contributed by atoms with Gasteiger partial charge in [-0.25, -0.2) is 9.97 Å². The maximum absolute atomic E-state index is 4.39. The Bertz CT molecular complexity index is 362. The molecule has 2 heterocycles.